The minimum atomic E-state index is 0.402. The van der Waals surface area contributed by atoms with Crippen LogP contribution in [0.15, 0.2) is 27.8 Å². The summed E-state index contributed by atoms with van der Waals surface area (Å²) in [6.45, 7) is 2.41. The van der Waals surface area contributed by atoms with E-state index in [1.165, 1.54) is 5.56 Å². The molecule has 0 N–H and O–H groups in total. The van der Waals surface area contributed by atoms with Crippen LogP contribution in [0.1, 0.15) is 11.1 Å². The highest BCUT2D eigenvalue weighted by atomic mass is 79.9. The highest BCUT2D eigenvalue weighted by molar-refractivity contribution is 9.10. The van der Waals surface area contributed by atoms with Crippen LogP contribution in [0, 0.1) is 6.92 Å². The summed E-state index contributed by atoms with van der Waals surface area (Å²) in [5, 5.41) is 3.49. The Morgan fingerprint density at radius 3 is 3.00 bits per heavy atom. The summed E-state index contributed by atoms with van der Waals surface area (Å²) in [6, 6.07) is 5.96. The Morgan fingerprint density at radius 2 is 2.33 bits per heavy atom. The van der Waals surface area contributed by atoms with Crippen LogP contribution in [0.25, 0.3) is 10.4 Å². The average molecular weight is 226 g/mol. The smallest absolute Gasteiger partial charge is 0.0522 e. The summed E-state index contributed by atoms with van der Waals surface area (Å²) in [5.74, 6) is 0. The summed E-state index contributed by atoms with van der Waals surface area (Å²) >= 11 is 3.38. The number of hydrogen-bond acceptors (Lipinski definition) is 1. The summed E-state index contributed by atoms with van der Waals surface area (Å²) < 4.78 is 0.987. The van der Waals surface area contributed by atoms with Crippen LogP contribution in [0.3, 0.4) is 0 Å². The molecule has 0 aliphatic heterocycles. The molecule has 1 rings (SSSR count). The molecule has 0 radical (unpaired) electrons. The summed E-state index contributed by atoms with van der Waals surface area (Å²) in [6.07, 6.45) is 0. The normalized spacial score (nSPS) is 9.17. The van der Waals surface area contributed by atoms with Crippen LogP contribution in [0.2, 0.25) is 0 Å². The van der Waals surface area contributed by atoms with Crippen molar-refractivity contribution in [1.82, 2.24) is 0 Å². The molecule has 0 atom stereocenters. The molecular weight excluding hydrogens is 218 g/mol. The molecule has 0 bridgehead atoms. The minimum absolute atomic E-state index is 0.402. The van der Waals surface area contributed by atoms with E-state index >= 15 is 0 Å². The average Bonchev–Trinajstić information content (AvgIpc) is 2.07. The zero-order valence-corrected chi connectivity index (χ0v) is 8.24. The fourth-order valence-corrected chi connectivity index (χ4v) is 1.30. The van der Waals surface area contributed by atoms with Crippen LogP contribution < -0.4 is 0 Å². The van der Waals surface area contributed by atoms with E-state index in [1.807, 2.05) is 25.1 Å². The van der Waals surface area contributed by atoms with Crippen molar-refractivity contribution in [3.8, 4) is 0 Å². The van der Waals surface area contributed by atoms with Crippen molar-refractivity contribution < 1.29 is 0 Å². The Bertz CT molecular complexity index is 329. The van der Waals surface area contributed by atoms with Crippen molar-refractivity contribution in [2.45, 2.75) is 13.5 Å². The Balaban J connectivity index is 2.96. The van der Waals surface area contributed by atoms with Crippen molar-refractivity contribution in [2.24, 2.45) is 5.11 Å². The number of aryl methyl sites for hydroxylation is 1. The molecule has 0 saturated heterocycles. The largest absolute Gasteiger partial charge is 0.0892 e. The van der Waals surface area contributed by atoms with Gasteiger partial charge in [0, 0.05) is 9.38 Å². The molecule has 0 aliphatic carbocycles. The number of rotatable bonds is 2. The predicted octanol–water partition coefficient (Wildman–Crippen LogP) is 3.57. The molecule has 1 aromatic rings. The molecule has 0 fully saturated rings. The zero-order valence-electron chi connectivity index (χ0n) is 6.66. The molecule has 0 saturated carbocycles. The second-order valence-corrected chi connectivity index (χ2v) is 3.34. The van der Waals surface area contributed by atoms with Crippen molar-refractivity contribution in [3.05, 3.63) is 44.2 Å². The first-order valence-corrected chi connectivity index (χ1v) is 4.29. The summed E-state index contributed by atoms with van der Waals surface area (Å²) in [5.41, 5.74) is 10.3. The van der Waals surface area contributed by atoms with Gasteiger partial charge < -0.3 is 0 Å². The maximum Gasteiger partial charge on any atom is 0.0522 e. The Kier molecular flexibility index (Phi) is 3.14. The van der Waals surface area contributed by atoms with Crippen LogP contribution in [0.4, 0.5) is 0 Å². The van der Waals surface area contributed by atoms with E-state index in [4.69, 9.17) is 5.53 Å². The third kappa shape index (κ3) is 2.26. The van der Waals surface area contributed by atoms with Gasteiger partial charge in [-0.15, -0.1) is 0 Å². The van der Waals surface area contributed by atoms with Crippen molar-refractivity contribution in [1.29, 1.82) is 0 Å². The van der Waals surface area contributed by atoms with Gasteiger partial charge in [-0.1, -0.05) is 38.7 Å². The third-order valence-corrected chi connectivity index (χ3v) is 2.28. The first kappa shape index (κ1) is 9.10. The standard InChI is InChI=1S/C8H8BrN3/c1-6-2-3-8(9)7(4-6)5-11-12-10/h2-4H,5H2,1H3. The van der Waals surface area contributed by atoms with E-state index < -0.39 is 0 Å². The zero-order chi connectivity index (χ0) is 8.97. The topological polar surface area (TPSA) is 48.8 Å². The van der Waals surface area contributed by atoms with Gasteiger partial charge in [0.1, 0.15) is 0 Å². The van der Waals surface area contributed by atoms with Gasteiger partial charge in [0.2, 0.25) is 0 Å². The van der Waals surface area contributed by atoms with E-state index in [-0.39, 0.29) is 0 Å². The Hall–Kier alpha value is -0.990. The van der Waals surface area contributed by atoms with Crippen LogP contribution >= 0.6 is 15.9 Å². The quantitative estimate of drug-likeness (QED) is 0.420. The maximum absolute atomic E-state index is 8.13. The van der Waals surface area contributed by atoms with Gasteiger partial charge in [0.05, 0.1) is 6.54 Å². The van der Waals surface area contributed by atoms with Gasteiger partial charge in [-0.3, -0.25) is 0 Å². The molecule has 0 amide bonds. The van der Waals surface area contributed by atoms with Gasteiger partial charge in [-0.2, -0.15) is 0 Å². The molecule has 0 heterocycles. The lowest BCUT2D eigenvalue weighted by Crippen LogP contribution is -1.83. The van der Waals surface area contributed by atoms with Gasteiger partial charge in [-0.05, 0) is 24.1 Å². The SMILES string of the molecule is Cc1ccc(Br)c(CN=[N+]=[N-])c1. The van der Waals surface area contributed by atoms with E-state index in [9.17, 15) is 0 Å². The highest BCUT2D eigenvalue weighted by Crippen LogP contribution is 2.18. The second kappa shape index (κ2) is 4.14. The minimum Gasteiger partial charge on any atom is -0.0892 e. The fraction of sp³-hybridized carbons (Fsp3) is 0.250. The first-order valence-electron chi connectivity index (χ1n) is 3.50. The monoisotopic (exact) mass is 225 g/mol. The van der Waals surface area contributed by atoms with Crippen LogP contribution in [0.5, 0.6) is 0 Å². The Labute approximate surface area is 79.2 Å². The lowest BCUT2D eigenvalue weighted by Gasteiger charge is -2.00. The predicted molar refractivity (Wildman–Crippen MR) is 51.7 cm³/mol. The van der Waals surface area contributed by atoms with Gasteiger partial charge >= 0.3 is 0 Å². The molecular formula is C8H8BrN3. The van der Waals surface area contributed by atoms with E-state index in [2.05, 4.69) is 26.0 Å². The number of nitrogens with zero attached hydrogens (tertiary/aromatic N) is 3. The van der Waals surface area contributed by atoms with Crippen LogP contribution in [-0.4, -0.2) is 0 Å². The van der Waals surface area contributed by atoms with Crippen molar-refractivity contribution >= 4 is 15.9 Å². The lowest BCUT2D eigenvalue weighted by atomic mass is 10.1. The molecule has 1 aromatic carbocycles. The molecule has 3 nitrogen and oxygen atoms in total. The molecule has 0 aromatic heterocycles. The second-order valence-electron chi connectivity index (χ2n) is 2.48. The van der Waals surface area contributed by atoms with Gasteiger partial charge in [0.15, 0.2) is 0 Å². The number of halogens is 1. The maximum atomic E-state index is 8.13. The van der Waals surface area contributed by atoms with E-state index in [1.54, 1.807) is 0 Å². The molecule has 0 unspecified atom stereocenters. The molecule has 12 heavy (non-hydrogen) atoms. The Morgan fingerprint density at radius 1 is 1.58 bits per heavy atom. The lowest BCUT2D eigenvalue weighted by molar-refractivity contribution is 1.03. The number of azide groups is 1. The summed E-state index contributed by atoms with van der Waals surface area (Å²) in [4.78, 5) is 2.71. The molecule has 4 heteroatoms. The summed E-state index contributed by atoms with van der Waals surface area (Å²) in [7, 11) is 0. The fourth-order valence-electron chi connectivity index (χ4n) is 0.932. The number of hydrogen-bond donors (Lipinski definition) is 0. The molecule has 0 spiro atoms. The first-order chi connectivity index (χ1) is 5.74. The molecule has 62 valence electrons. The third-order valence-electron chi connectivity index (χ3n) is 1.51. The van der Waals surface area contributed by atoms with Crippen LogP contribution in [-0.2, 0) is 6.54 Å². The van der Waals surface area contributed by atoms with Crippen molar-refractivity contribution in [3.63, 3.8) is 0 Å². The van der Waals surface area contributed by atoms with Gasteiger partial charge in [-0.25, -0.2) is 0 Å². The highest BCUT2D eigenvalue weighted by Gasteiger charge is 1.97. The number of benzene rings is 1. The van der Waals surface area contributed by atoms with E-state index in [0.29, 0.717) is 6.54 Å². The van der Waals surface area contributed by atoms with E-state index in [0.717, 1.165) is 10.0 Å². The van der Waals surface area contributed by atoms with Gasteiger partial charge in [0.25, 0.3) is 0 Å². The molecule has 0 aliphatic rings. The van der Waals surface area contributed by atoms with Crippen molar-refractivity contribution in [2.75, 3.05) is 0 Å².